The lowest BCUT2D eigenvalue weighted by Gasteiger charge is -2.10. The monoisotopic (exact) mass is 344 g/mol. The molecular formula is C21H20N4O. The van der Waals surface area contributed by atoms with E-state index in [4.69, 9.17) is 9.73 Å². The Hall–Kier alpha value is -3.21. The van der Waals surface area contributed by atoms with Crippen LogP contribution in [0.15, 0.2) is 71.2 Å². The molecule has 26 heavy (non-hydrogen) atoms. The van der Waals surface area contributed by atoms with Crippen molar-refractivity contribution in [2.24, 2.45) is 4.99 Å². The summed E-state index contributed by atoms with van der Waals surface area (Å²) in [6.45, 7) is 4.24. The third-order valence-electron chi connectivity index (χ3n) is 4.35. The van der Waals surface area contributed by atoms with Crippen LogP contribution in [0, 0.1) is 0 Å². The molecular weight excluding hydrogens is 324 g/mol. The number of amidine groups is 1. The fourth-order valence-corrected chi connectivity index (χ4v) is 3.01. The Kier molecular flexibility index (Phi) is 4.35. The maximum absolute atomic E-state index is 5.84. The Morgan fingerprint density at radius 3 is 2.54 bits per heavy atom. The van der Waals surface area contributed by atoms with Crippen LogP contribution in [0.5, 0.6) is 11.8 Å². The zero-order chi connectivity index (χ0) is 17.9. The van der Waals surface area contributed by atoms with Gasteiger partial charge >= 0.3 is 6.01 Å². The third-order valence-corrected chi connectivity index (χ3v) is 4.35. The molecule has 0 saturated carbocycles. The second-order valence-electron chi connectivity index (χ2n) is 6.24. The van der Waals surface area contributed by atoms with Gasteiger partial charge in [0.2, 0.25) is 0 Å². The first kappa shape index (κ1) is 16.3. The Labute approximate surface area is 152 Å². The minimum absolute atomic E-state index is 0.241. The van der Waals surface area contributed by atoms with Crippen molar-refractivity contribution in [2.75, 3.05) is 5.32 Å². The molecule has 4 rings (SSSR count). The molecule has 5 nitrogen and oxygen atoms in total. The van der Waals surface area contributed by atoms with Crippen LogP contribution in [-0.2, 0) is 0 Å². The van der Waals surface area contributed by atoms with Crippen molar-refractivity contribution in [3.63, 3.8) is 0 Å². The van der Waals surface area contributed by atoms with Crippen molar-refractivity contribution in [3.05, 3.63) is 66.2 Å². The highest BCUT2D eigenvalue weighted by Gasteiger charge is 2.17. The van der Waals surface area contributed by atoms with Crippen molar-refractivity contribution >= 4 is 22.6 Å². The molecule has 1 N–H and O–H groups in total. The number of ether oxygens (including phenoxy) is 1. The van der Waals surface area contributed by atoms with Gasteiger partial charge in [0.25, 0.3) is 0 Å². The molecule has 0 saturated heterocycles. The molecule has 0 fully saturated rings. The van der Waals surface area contributed by atoms with E-state index in [1.807, 2.05) is 54.6 Å². The summed E-state index contributed by atoms with van der Waals surface area (Å²) in [5, 5.41) is 4.28. The average molecular weight is 344 g/mol. The number of nitrogens with one attached hydrogen (secondary N) is 1. The van der Waals surface area contributed by atoms with Gasteiger partial charge in [0.1, 0.15) is 17.4 Å². The average Bonchev–Trinajstić information content (AvgIpc) is 3.02. The molecule has 1 unspecified atom stereocenters. The van der Waals surface area contributed by atoms with E-state index in [0.717, 1.165) is 23.2 Å². The summed E-state index contributed by atoms with van der Waals surface area (Å²) in [5.41, 5.74) is 2.08. The van der Waals surface area contributed by atoms with Crippen LogP contribution in [0.1, 0.15) is 20.3 Å². The van der Waals surface area contributed by atoms with Crippen LogP contribution < -0.4 is 10.1 Å². The summed E-state index contributed by atoms with van der Waals surface area (Å²) in [4.78, 5) is 13.8. The normalized spacial score (nSPS) is 16.3. The minimum atomic E-state index is 0.241. The highest BCUT2D eigenvalue weighted by molar-refractivity contribution is 6.09. The summed E-state index contributed by atoms with van der Waals surface area (Å²) < 4.78 is 5.84. The quantitative estimate of drug-likeness (QED) is 0.726. The molecule has 1 aliphatic rings. The number of aliphatic imine (C=N–C) groups is 1. The Morgan fingerprint density at radius 2 is 1.77 bits per heavy atom. The summed E-state index contributed by atoms with van der Waals surface area (Å²) in [7, 11) is 0. The summed E-state index contributed by atoms with van der Waals surface area (Å²) >= 11 is 0. The van der Waals surface area contributed by atoms with E-state index >= 15 is 0 Å². The van der Waals surface area contributed by atoms with E-state index in [1.54, 1.807) is 0 Å². The van der Waals surface area contributed by atoms with E-state index in [-0.39, 0.29) is 6.04 Å². The van der Waals surface area contributed by atoms with E-state index < -0.39 is 0 Å². The van der Waals surface area contributed by atoms with Crippen molar-refractivity contribution in [1.29, 1.82) is 0 Å². The van der Waals surface area contributed by atoms with Gasteiger partial charge in [-0.25, -0.2) is 0 Å². The molecule has 5 heteroatoms. The van der Waals surface area contributed by atoms with Crippen molar-refractivity contribution in [1.82, 2.24) is 9.97 Å². The van der Waals surface area contributed by atoms with E-state index in [2.05, 4.69) is 35.2 Å². The number of rotatable bonds is 4. The third kappa shape index (κ3) is 3.28. The van der Waals surface area contributed by atoms with Crippen LogP contribution in [0.25, 0.3) is 10.9 Å². The maximum atomic E-state index is 5.84. The largest absolute Gasteiger partial charge is 0.424 e. The number of anilines is 1. The topological polar surface area (TPSA) is 59.4 Å². The van der Waals surface area contributed by atoms with Crippen LogP contribution in [0.2, 0.25) is 0 Å². The number of aromatic nitrogens is 2. The van der Waals surface area contributed by atoms with Gasteiger partial charge in [0, 0.05) is 5.39 Å². The number of hydrogen-bond acceptors (Lipinski definition) is 5. The highest BCUT2D eigenvalue weighted by atomic mass is 16.5. The molecule has 2 heterocycles. The summed E-state index contributed by atoms with van der Waals surface area (Å²) in [6, 6.07) is 18.0. The van der Waals surface area contributed by atoms with E-state index in [0.29, 0.717) is 17.6 Å². The maximum Gasteiger partial charge on any atom is 0.324 e. The zero-order valence-corrected chi connectivity index (χ0v) is 14.8. The van der Waals surface area contributed by atoms with E-state index in [9.17, 15) is 0 Å². The molecule has 0 spiro atoms. The first-order valence-corrected chi connectivity index (χ1v) is 8.75. The first-order chi connectivity index (χ1) is 12.7. The molecule has 1 atom stereocenters. The molecule has 0 bridgehead atoms. The predicted molar refractivity (Wildman–Crippen MR) is 105 cm³/mol. The Bertz CT molecular complexity index is 995. The fourth-order valence-electron chi connectivity index (χ4n) is 3.01. The van der Waals surface area contributed by atoms with Gasteiger partial charge in [-0.05, 0) is 49.3 Å². The lowest BCUT2D eigenvalue weighted by Crippen LogP contribution is -2.10. The van der Waals surface area contributed by atoms with Gasteiger partial charge in [0.15, 0.2) is 0 Å². The van der Waals surface area contributed by atoms with Crippen molar-refractivity contribution < 1.29 is 4.74 Å². The summed E-state index contributed by atoms with van der Waals surface area (Å²) in [5.74, 6) is 2.22. The molecule has 130 valence electrons. The lowest BCUT2D eigenvalue weighted by molar-refractivity contribution is 0.445. The van der Waals surface area contributed by atoms with Crippen molar-refractivity contribution in [2.45, 2.75) is 26.3 Å². The molecule has 0 amide bonds. The van der Waals surface area contributed by atoms with Crippen LogP contribution >= 0.6 is 0 Å². The van der Waals surface area contributed by atoms with Gasteiger partial charge < -0.3 is 10.1 Å². The first-order valence-electron chi connectivity index (χ1n) is 8.75. The second kappa shape index (κ2) is 6.96. The number of nitrogens with zero attached hydrogens (tertiary/aromatic N) is 3. The molecule has 2 aromatic carbocycles. The zero-order valence-electron chi connectivity index (χ0n) is 14.8. The molecule has 1 aromatic heterocycles. The SMILES string of the molecule is CCC1N=C(Nc2nc(Oc3ccccc3)nc3ccccc23)C=C1C. The Morgan fingerprint density at radius 1 is 1.00 bits per heavy atom. The highest BCUT2D eigenvalue weighted by Crippen LogP contribution is 2.27. The summed E-state index contributed by atoms with van der Waals surface area (Å²) in [6.07, 6.45) is 3.06. The van der Waals surface area contributed by atoms with Crippen LogP contribution in [-0.4, -0.2) is 21.8 Å². The van der Waals surface area contributed by atoms with Crippen LogP contribution in [0.4, 0.5) is 5.82 Å². The number of hydrogen-bond donors (Lipinski definition) is 1. The van der Waals surface area contributed by atoms with Gasteiger partial charge in [-0.3, -0.25) is 4.99 Å². The van der Waals surface area contributed by atoms with Gasteiger partial charge in [-0.1, -0.05) is 37.3 Å². The molecule has 3 aromatic rings. The molecule has 0 aliphatic carbocycles. The molecule has 1 aliphatic heterocycles. The van der Waals surface area contributed by atoms with Crippen LogP contribution in [0.3, 0.4) is 0 Å². The number of fused-ring (bicyclic) bond motifs is 1. The van der Waals surface area contributed by atoms with Gasteiger partial charge in [-0.2, -0.15) is 9.97 Å². The number of para-hydroxylation sites is 2. The van der Waals surface area contributed by atoms with Gasteiger partial charge in [0.05, 0.1) is 11.6 Å². The predicted octanol–water partition coefficient (Wildman–Crippen LogP) is 4.97. The standard InChI is InChI=1S/C21H20N4O/c1-3-17-14(2)13-19(22-17)24-20-16-11-7-8-12-18(16)23-21(25-20)26-15-9-5-4-6-10-15/h4-13,17H,3H2,1-2H3,(H,22,23,24,25). The fraction of sp³-hybridized carbons (Fsp3) is 0.190. The lowest BCUT2D eigenvalue weighted by atomic mass is 10.1. The van der Waals surface area contributed by atoms with Gasteiger partial charge in [-0.15, -0.1) is 0 Å². The smallest absolute Gasteiger partial charge is 0.324 e. The molecule has 0 radical (unpaired) electrons. The minimum Gasteiger partial charge on any atom is -0.424 e. The van der Waals surface area contributed by atoms with Crippen molar-refractivity contribution in [3.8, 4) is 11.8 Å². The van der Waals surface area contributed by atoms with E-state index in [1.165, 1.54) is 5.57 Å². The number of benzene rings is 2. The second-order valence-corrected chi connectivity index (χ2v) is 6.24. The Balaban J connectivity index is 1.71.